The minimum Gasteiger partial charge on any atom is -0.394 e. The summed E-state index contributed by atoms with van der Waals surface area (Å²) in [6.45, 7) is 3.55. The maximum Gasteiger partial charge on any atom is 0.249 e. The number of aliphatic hydroxyl groups is 6. The van der Waals surface area contributed by atoms with Gasteiger partial charge in [0.25, 0.3) is 0 Å². The van der Waals surface area contributed by atoms with E-state index in [-0.39, 0.29) is 6.61 Å². The summed E-state index contributed by atoms with van der Waals surface area (Å²) >= 11 is 0. The van der Waals surface area contributed by atoms with E-state index >= 15 is 0 Å². The van der Waals surface area contributed by atoms with Gasteiger partial charge in [0.05, 0.1) is 25.4 Å². The molecular weight excluding hydrogens is 650 g/mol. The highest BCUT2D eigenvalue weighted by molar-refractivity contribution is 5.80. The van der Waals surface area contributed by atoms with Crippen LogP contribution < -0.4 is 5.32 Å². The number of allylic oxidation sites excluding steroid dienone is 3. The third-order valence-electron chi connectivity index (χ3n) is 9.89. The zero-order chi connectivity index (χ0) is 37.5. The van der Waals surface area contributed by atoms with Crippen molar-refractivity contribution in [2.45, 2.75) is 217 Å². The standard InChI is InChI=1S/C41H77NO9/c1-3-5-7-9-11-13-15-17-19-21-23-25-27-29-34(44)33(32-50-41-39(48)38(47)37(46)36(31-43)51-41)42-40(49)35(45)30-28-26-24-22-20-18-16-14-12-10-8-6-4-2/h19,21,27,29,33-39,41,43-48H,3-18,20,22-26,28,30-32H2,1-2H3,(H,42,49)/b21-19-,29-27+/t33-,34+,35+,36+,37+,38?,39?,41+/m0/s1. The van der Waals surface area contributed by atoms with Crippen molar-refractivity contribution in [2.75, 3.05) is 13.2 Å². The first-order valence-corrected chi connectivity index (χ1v) is 20.7. The molecule has 0 aromatic carbocycles. The minimum atomic E-state index is -1.61. The van der Waals surface area contributed by atoms with Crippen LogP contribution in [0.25, 0.3) is 0 Å². The first kappa shape index (κ1) is 47.7. The van der Waals surface area contributed by atoms with E-state index in [9.17, 15) is 35.4 Å². The molecule has 0 radical (unpaired) electrons. The summed E-state index contributed by atoms with van der Waals surface area (Å²) in [5, 5.41) is 64.3. The first-order chi connectivity index (χ1) is 24.8. The van der Waals surface area contributed by atoms with Crippen molar-refractivity contribution in [3.8, 4) is 0 Å². The highest BCUT2D eigenvalue weighted by atomic mass is 16.7. The Morgan fingerprint density at radius 2 is 1.16 bits per heavy atom. The molecule has 7 N–H and O–H groups in total. The normalized spacial score (nSPS) is 22.9. The topological polar surface area (TPSA) is 169 Å². The number of ether oxygens (including phenoxy) is 2. The number of nitrogens with one attached hydrogen (secondary N) is 1. The lowest BCUT2D eigenvalue weighted by molar-refractivity contribution is -0.302. The Morgan fingerprint density at radius 3 is 1.71 bits per heavy atom. The van der Waals surface area contributed by atoms with Gasteiger partial charge in [-0.15, -0.1) is 0 Å². The van der Waals surface area contributed by atoms with E-state index in [2.05, 4.69) is 31.3 Å². The van der Waals surface area contributed by atoms with Gasteiger partial charge in [-0.2, -0.15) is 0 Å². The number of amides is 1. The van der Waals surface area contributed by atoms with Crippen LogP contribution in [0.3, 0.4) is 0 Å². The lowest BCUT2D eigenvalue weighted by Crippen LogP contribution is -2.60. The van der Waals surface area contributed by atoms with Crippen molar-refractivity contribution < 1.29 is 44.9 Å². The first-order valence-electron chi connectivity index (χ1n) is 20.7. The number of carbonyl (C=O) groups excluding carboxylic acids is 1. The van der Waals surface area contributed by atoms with E-state index < -0.39 is 61.5 Å². The summed E-state index contributed by atoms with van der Waals surface area (Å²) in [5.74, 6) is -0.628. The molecule has 0 saturated carbocycles. The Bertz CT molecular complexity index is 870. The van der Waals surface area contributed by atoms with Crippen LogP contribution in [0, 0.1) is 0 Å². The fourth-order valence-corrected chi connectivity index (χ4v) is 6.41. The van der Waals surface area contributed by atoms with Crippen LogP contribution in [0.5, 0.6) is 0 Å². The van der Waals surface area contributed by atoms with Gasteiger partial charge in [-0.05, 0) is 32.1 Å². The molecule has 51 heavy (non-hydrogen) atoms. The van der Waals surface area contributed by atoms with Crippen LogP contribution in [-0.4, -0.2) is 98.7 Å². The molecule has 8 atom stereocenters. The average Bonchev–Trinajstić information content (AvgIpc) is 3.13. The number of rotatable bonds is 33. The third kappa shape index (κ3) is 23.1. The Morgan fingerprint density at radius 1 is 0.667 bits per heavy atom. The van der Waals surface area contributed by atoms with Gasteiger partial charge >= 0.3 is 0 Å². The number of hydrogen-bond donors (Lipinski definition) is 7. The Hall–Kier alpha value is -1.37. The molecule has 10 nitrogen and oxygen atoms in total. The summed E-state index contributed by atoms with van der Waals surface area (Å²) in [4.78, 5) is 13.0. The van der Waals surface area contributed by atoms with E-state index in [4.69, 9.17) is 9.47 Å². The second-order valence-corrected chi connectivity index (χ2v) is 14.6. The molecule has 1 saturated heterocycles. The number of aliphatic hydroxyl groups excluding tert-OH is 6. The van der Waals surface area contributed by atoms with Crippen molar-refractivity contribution in [3.05, 3.63) is 24.3 Å². The molecule has 1 rings (SSSR count). The van der Waals surface area contributed by atoms with Crippen LogP contribution in [0.15, 0.2) is 24.3 Å². The van der Waals surface area contributed by atoms with Crippen molar-refractivity contribution in [2.24, 2.45) is 0 Å². The lowest BCUT2D eigenvalue weighted by Gasteiger charge is -2.40. The van der Waals surface area contributed by atoms with Gasteiger partial charge in [-0.3, -0.25) is 4.79 Å². The molecule has 2 unspecified atom stereocenters. The maximum absolute atomic E-state index is 13.0. The predicted octanol–water partition coefficient (Wildman–Crippen LogP) is 6.52. The summed E-state index contributed by atoms with van der Waals surface area (Å²) < 4.78 is 11.1. The molecule has 0 spiro atoms. The van der Waals surface area contributed by atoms with Gasteiger partial charge in [0, 0.05) is 0 Å². The highest BCUT2D eigenvalue weighted by Gasteiger charge is 2.44. The summed E-state index contributed by atoms with van der Waals surface area (Å²) in [7, 11) is 0. The van der Waals surface area contributed by atoms with Crippen LogP contribution in [-0.2, 0) is 14.3 Å². The van der Waals surface area contributed by atoms with Crippen molar-refractivity contribution in [3.63, 3.8) is 0 Å². The average molecular weight is 728 g/mol. The van der Waals surface area contributed by atoms with Crippen LogP contribution in [0.2, 0.25) is 0 Å². The quantitative estimate of drug-likeness (QED) is 0.0294. The van der Waals surface area contributed by atoms with Crippen LogP contribution >= 0.6 is 0 Å². The smallest absolute Gasteiger partial charge is 0.249 e. The molecule has 1 aliphatic rings. The van der Waals surface area contributed by atoms with Crippen molar-refractivity contribution in [1.82, 2.24) is 5.32 Å². The van der Waals surface area contributed by atoms with Gasteiger partial charge < -0.3 is 45.4 Å². The SMILES string of the molecule is CCCCCCCCC/C=C\CC/C=C/[C@@H](O)[C@H](CO[C@@H]1O[C@H](CO)[C@@H](O)C(O)C1O)NC(=O)[C@H](O)CCCCCCCCCCCCCCC. The fraction of sp³-hybridized carbons (Fsp3) is 0.878. The zero-order valence-corrected chi connectivity index (χ0v) is 32.2. The molecule has 1 amide bonds. The summed E-state index contributed by atoms with van der Waals surface area (Å²) in [5.41, 5.74) is 0. The Balaban J connectivity index is 2.52. The largest absolute Gasteiger partial charge is 0.394 e. The highest BCUT2D eigenvalue weighted by Crippen LogP contribution is 2.22. The number of unbranched alkanes of at least 4 members (excludes halogenated alkanes) is 20. The van der Waals surface area contributed by atoms with E-state index in [1.165, 1.54) is 103 Å². The molecule has 1 aliphatic heterocycles. The number of hydrogen-bond acceptors (Lipinski definition) is 9. The molecule has 0 bridgehead atoms. The minimum absolute atomic E-state index is 0.307. The van der Waals surface area contributed by atoms with E-state index in [1.54, 1.807) is 6.08 Å². The van der Waals surface area contributed by atoms with Crippen molar-refractivity contribution >= 4 is 5.91 Å². The predicted molar refractivity (Wildman–Crippen MR) is 204 cm³/mol. The zero-order valence-electron chi connectivity index (χ0n) is 32.2. The lowest BCUT2D eigenvalue weighted by atomic mass is 9.99. The second-order valence-electron chi connectivity index (χ2n) is 14.6. The fourth-order valence-electron chi connectivity index (χ4n) is 6.41. The summed E-state index contributed by atoms with van der Waals surface area (Å²) in [6.07, 6.45) is 25.5. The van der Waals surface area contributed by atoms with E-state index in [0.29, 0.717) is 19.3 Å². The molecular formula is C41H77NO9. The Labute approximate surface area is 310 Å². The van der Waals surface area contributed by atoms with E-state index in [0.717, 1.165) is 32.1 Å². The molecule has 0 aromatic rings. The van der Waals surface area contributed by atoms with Crippen LogP contribution in [0.1, 0.15) is 168 Å². The van der Waals surface area contributed by atoms with Gasteiger partial charge in [0.15, 0.2) is 6.29 Å². The van der Waals surface area contributed by atoms with Gasteiger partial charge in [0.2, 0.25) is 5.91 Å². The molecule has 1 fully saturated rings. The van der Waals surface area contributed by atoms with Gasteiger partial charge in [0.1, 0.15) is 30.5 Å². The third-order valence-corrected chi connectivity index (χ3v) is 9.89. The molecule has 300 valence electrons. The molecule has 1 heterocycles. The summed E-state index contributed by atoms with van der Waals surface area (Å²) in [6, 6.07) is -0.990. The second kappa shape index (κ2) is 32.1. The monoisotopic (exact) mass is 728 g/mol. The van der Waals surface area contributed by atoms with Crippen LogP contribution in [0.4, 0.5) is 0 Å². The van der Waals surface area contributed by atoms with Crippen molar-refractivity contribution in [1.29, 1.82) is 0 Å². The molecule has 0 aliphatic carbocycles. The molecule has 0 aromatic heterocycles. The molecule has 10 heteroatoms. The van der Waals surface area contributed by atoms with E-state index in [1.807, 2.05) is 6.08 Å². The maximum atomic E-state index is 13.0. The van der Waals surface area contributed by atoms with Gasteiger partial charge in [-0.25, -0.2) is 0 Å². The Kier molecular flexibility index (Phi) is 30.0. The number of carbonyl (C=O) groups is 1. The van der Waals surface area contributed by atoms with Gasteiger partial charge in [-0.1, -0.05) is 160 Å².